The summed E-state index contributed by atoms with van der Waals surface area (Å²) in [6.07, 6.45) is 3.10. The fraction of sp³-hybridized carbons (Fsp3) is 0.214. The van der Waals surface area contributed by atoms with Crippen molar-refractivity contribution in [3.8, 4) is 0 Å². The lowest BCUT2D eigenvalue weighted by molar-refractivity contribution is 0.0301. The highest BCUT2D eigenvalue weighted by Crippen LogP contribution is 2.04. The van der Waals surface area contributed by atoms with Gasteiger partial charge in [0.25, 0.3) is 5.91 Å². The van der Waals surface area contributed by atoms with Gasteiger partial charge in [0.1, 0.15) is 11.6 Å². The van der Waals surface area contributed by atoms with E-state index < -0.39 is 5.91 Å². The van der Waals surface area contributed by atoms with Gasteiger partial charge >= 0.3 is 0 Å². The van der Waals surface area contributed by atoms with Gasteiger partial charge in [-0.1, -0.05) is 0 Å². The van der Waals surface area contributed by atoms with Crippen molar-refractivity contribution in [1.29, 1.82) is 0 Å². The van der Waals surface area contributed by atoms with Crippen LogP contribution in [0.4, 0.5) is 4.39 Å². The molecule has 5 heteroatoms. The van der Waals surface area contributed by atoms with E-state index in [0.717, 1.165) is 18.6 Å². The second kappa shape index (κ2) is 6.70. The second-order valence-corrected chi connectivity index (χ2v) is 3.97. The molecule has 1 aromatic carbocycles. The molecule has 0 saturated carbocycles. The number of halogens is 1. The number of furan rings is 1. The number of hydrogen-bond donors (Lipinski definition) is 1. The summed E-state index contributed by atoms with van der Waals surface area (Å²) >= 11 is 0. The van der Waals surface area contributed by atoms with Gasteiger partial charge in [0.2, 0.25) is 0 Å². The Hall–Kier alpha value is -2.14. The van der Waals surface area contributed by atoms with Crippen molar-refractivity contribution >= 4 is 5.91 Å². The summed E-state index contributed by atoms with van der Waals surface area (Å²) in [4.78, 5) is 16.6. The Morgan fingerprint density at radius 2 is 2.05 bits per heavy atom. The molecular formula is C14H14FNO3. The van der Waals surface area contributed by atoms with E-state index in [1.54, 1.807) is 6.26 Å². The van der Waals surface area contributed by atoms with Gasteiger partial charge in [0.15, 0.2) is 0 Å². The van der Waals surface area contributed by atoms with Crippen LogP contribution in [0.15, 0.2) is 47.1 Å². The largest absolute Gasteiger partial charge is 0.469 e. The lowest BCUT2D eigenvalue weighted by atomic mass is 10.2. The molecule has 0 aliphatic rings. The number of carbonyl (C=O) groups excluding carboxylic acids is 1. The van der Waals surface area contributed by atoms with Crippen molar-refractivity contribution in [2.45, 2.75) is 12.8 Å². The summed E-state index contributed by atoms with van der Waals surface area (Å²) in [5, 5.41) is 0. The normalized spacial score (nSPS) is 10.4. The van der Waals surface area contributed by atoms with E-state index in [1.807, 2.05) is 12.1 Å². The molecule has 1 N–H and O–H groups in total. The van der Waals surface area contributed by atoms with Crippen LogP contribution in [0.2, 0.25) is 0 Å². The van der Waals surface area contributed by atoms with Crippen LogP contribution in [0, 0.1) is 5.82 Å². The van der Waals surface area contributed by atoms with Crippen LogP contribution in [0.1, 0.15) is 22.5 Å². The molecule has 1 aromatic heterocycles. The van der Waals surface area contributed by atoms with E-state index >= 15 is 0 Å². The first kappa shape index (κ1) is 13.3. The molecule has 100 valence electrons. The van der Waals surface area contributed by atoms with Crippen LogP contribution in [-0.2, 0) is 11.3 Å². The zero-order chi connectivity index (χ0) is 13.5. The van der Waals surface area contributed by atoms with E-state index in [9.17, 15) is 9.18 Å². The quantitative estimate of drug-likeness (QED) is 0.644. The summed E-state index contributed by atoms with van der Waals surface area (Å²) < 4.78 is 17.8. The predicted octanol–water partition coefficient (Wildman–Crippen LogP) is 2.71. The molecule has 0 bridgehead atoms. The fourth-order valence-electron chi connectivity index (χ4n) is 1.55. The Bertz CT molecular complexity index is 508. The summed E-state index contributed by atoms with van der Waals surface area (Å²) in [5.41, 5.74) is 2.66. The van der Waals surface area contributed by atoms with Crippen LogP contribution in [-0.4, -0.2) is 12.5 Å². The lowest BCUT2D eigenvalue weighted by Gasteiger charge is -2.05. The standard InChI is InChI=1S/C14H14FNO3/c15-12-7-5-11(6-8-12)14(17)16-19-10-2-4-13-3-1-9-18-13/h1,3,5-9H,2,4,10H2,(H,16,17). The maximum atomic E-state index is 12.7. The number of carbonyl (C=O) groups is 1. The highest BCUT2D eigenvalue weighted by atomic mass is 19.1. The molecule has 0 atom stereocenters. The molecule has 2 aromatic rings. The van der Waals surface area contributed by atoms with Crippen molar-refractivity contribution in [3.05, 3.63) is 59.8 Å². The van der Waals surface area contributed by atoms with Crippen LogP contribution >= 0.6 is 0 Å². The third kappa shape index (κ3) is 4.22. The van der Waals surface area contributed by atoms with Crippen molar-refractivity contribution in [2.75, 3.05) is 6.61 Å². The number of amides is 1. The Morgan fingerprint density at radius 1 is 1.26 bits per heavy atom. The second-order valence-electron chi connectivity index (χ2n) is 3.97. The van der Waals surface area contributed by atoms with Crippen LogP contribution in [0.5, 0.6) is 0 Å². The lowest BCUT2D eigenvalue weighted by Crippen LogP contribution is -2.24. The predicted molar refractivity (Wildman–Crippen MR) is 66.8 cm³/mol. The van der Waals surface area contributed by atoms with Crippen molar-refractivity contribution in [3.63, 3.8) is 0 Å². The van der Waals surface area contributed by atoms with Gasteiger partial charge in [-0.25, -0.2) is 9.87 Å². The Balaban J connectivity index is 1.65. The Labute approximate surface area is 110 Å². The average Bonchev–Trinajstić information content (AvgIpc) is 2.92. The van der Waals surface area contributed by atoms with E-state index in [0.29, 0.717) is 12.2 Å². The van der Waals surface area contributed by atoms with Gasteiger partial charge in [-0.3, -0.25) is 9.63 Å². The van der Waals surface area contributed by atoms with Gasteiger partial charge in [-0.15, -0.1) is 0 Å². The smallest absolute Gasteiger partial charge is 0.274 e. The minimum Gasteiger partial charge on any atom is -0.469 e. The summed E-state index contributed by atoms with van der Waals surface area (Å²) in [6, 6.07) is 8.97. The Morgan fingerprint density at radius 3 is 2.74 bits per heavy atom. The number of rotatable bonds is 6. The Kier molecular flexibility index (Phi) is 4.69. The van der Waals surface area contributed by atoms with E-state index in [-0.39, 0.29) is 5.82 Å². The molecule has 0 aliphatic carbocycles. The highest BCUT2D eigenvalue weighted by Gasteiger charge is 2.05. The SMILES string of the molecule is O=C(NOCCCc1ccco1)c1ccc(F)cc1. The van der Waals surface area contributed by atoms with Crippen molar-refractivity contribution in [2.24, 2.45) is 0 Å². The van der Waals surface area contributed by atoms with Crippen molar-refractivity contribution < 1.29 is 18.4 Å². The molecule has 1 heterocycles. The van der Waals surface area contributed by atoms with E-state index in [1.165, 1.54) is 24.3 Å². The van der Waals surface area contributed by atoms with Crippen LogP contribution in [0.3, 0.4) is 0 Å². The molecule has 19 heavy (non-hydrogen) atoms. The molecule has 0 saturated heterocycles. The number of nitrogens with one attached hydrogen (secondary N) is 1. The first-order valence-corrected chi connectivity index (χ1v) is 5.96. The minimum absolute atomic E-state index is 0.354. The average molecular weight is 263 g/mol. The maximum Gasteiger partial charge on any atom is 0.274 e. The molecule has 0 aliphatic heterocycles. The number of hydroxylamine groups is 1. The zero-order valence-corrected chi connectivity index (χ0v) is 10.3. The third-order valence-electron chi connectivity index (χ3n) is 2.52. The summed E-state index contributed by atoms with van der Waals surface area (Å²) in [6.45, 7) is 0.383. The molecule has 0 spiro atoms. The zero-order valence-electron chi connectivity index (χ0n) is 10.3. The molecule has 4 nitrogen and oxygen atoms in total. The summed E-state index contributed by atoms with van der Waals surface area (Å²) in [5.74, 6) is 0.113. The topological polar surface area (TPSA) is 51.5 Å². The number of hydrogen-bond acceptors (Lipinski definition) is 3. The molecular weight excluding hydrogens is 249 g/mol. The first-order valence-electron chi connectivity index (χ1n) is 5.96. The van der Waals surface area contributed by atoms with E-state index in [2.05, 4.69) is 5.48 Å². The molecule has 2 rings (SSSR count). The molecule has 0 radical (unpaired) electrons. The highest BCUT2D eigenvalue weighted by molar-refractivity contribution is 5.93. The van der Waals surface area contributed by atoms with Crippen LogP contribution < -0.4 is 5.48 Å². The van der Waals surface area contributed by atoms with Gasteiger partial charge in [-0.05, 0) is 42.8 Å². The number of benzene rings is 1. The van der Waals surface area contributed by atoms with Gasteiger partial charge in [-0.2, -0.15) is 0 Å². The van der Waals surface area contributed by atoms with Crippen molar-refractivity contribution in [1.82, 2.24) is 5.48 Å². The molecule has 1 amide bonds. The molecule has 0 fully saturated rings. The minimum atomic E-state index is -0.391. The fourth-order valence-corrected chi connectivity index (χ4v) is 1.55. The van der Waals surface area contributed by atoms with Gasteiger partial charge < -0.3 is 4.42 Å². The maximum absolute atomic E-state index is 12.7. The van der Waals surface area contributed by atoms with Crippen LogP contribution in [0.25, 0.3) is 0 Å². The number of aryl methyl sites for hydroxylation is 1. The molecule has 0 unspecified atom stereocenters. The first-order chi connectivity index (χ1) is 9.25. The monoisotopic (exact) mass is 263 g/mol. The van der Waals surface area contributed by atoms with Gasteiger partial charge in [0.05, 0.1) is 12.9 Å². The van der Waals surface area contributed by atoms with E-state index in [4.69, 9.17) is 9.25 Å². The third-order valence-corrected chi connectivity index (χ3v) is 2.52. The van der Waals surface area contributed by atoms with Gasteiger partial charge in [0, 0.05) is 12.0 Å². The summed E-state index contributed by atoms with van der Waals surface area (Å²) in [7, 11) is 0.